The van der Waals surface area contributed by atoms with E-state index in [0.29, 0.717) is 17.8 Å². The Labute approximate surface area is 140 Å². The van der Waals surface area contributed by atoms with Crippen LogP contribution in [0, 0.1) is 0 Å². The van der Waals surface area contributed by atoms with Crippen molar-refractivity contribution in [3.8, 4) is 11.1 Å². The van der Waals surface area contributed by atoms with Crippen LogP contribution in [0.4, 0.5) is 0 Å². The van der Waals surface area contributed by atoms with E-state index >= 15 is 0 Å². The van der Waals surface area contributed by atoms with E-state index in [9.17, 15) is 4.79 Å². The Balaban J connectivity index is 1.69. The van der Waals surface area contributed by atoms with Gasteiger partial charge in [0.1, 0.15) is 5.71 Å². The average Bonchev–Trinajstić information content (AvgIpc) is 3.32. The van der Waals surface area contributed by atoms with Gasteiger partial charge < -0.3 is 10.4 Å². The fraction of sp³-hybridized carbons (Fsp3) is 0.100. The number of nitrogens with zero attached hydrogens (tertiary/aromatic N) is 1. The second-order valence-electron chi connectivity index (χ2n) is 5.80. The van der Waals surface area contributed by atoms with Gasteiger partial charge in [0, 0.05) is 30.1 Å². The Hall–Kier alpha value is -3.14. The first-order valence-corrected chi connectivity index (χ1v) is 7.97. The van der Waals surface area contributed by atoms with E-state index in [-0.39, 0.29) is 11.7 Å². The number of aromatic amines is 1. The van der Waals surface area contributed by atoms with Crippen molar-refractivity contribution < 1.29 is 4.79 Å². The molecular formula is C20H17N3O. The van der Waals surface area contributed by atoms with Crippen LogP contribution in [-0.4, -0.2) is 23.0 Å². The van der Waals surface area contributed by atoms with Crippen LogP contribution >= 0.6 is 0 Å². The van der Waals surface area contributed by atoms with Crippen molar-refractivity contribution in [1.82, 2.24) is 10.4 Å². The third kappa shape index (κ3) is 2.52. The molecule has 0 saturated heterocycles. The molecule has 3 aromatic rings. The van der Waals surface area contributed by atoms with Gasteiger partial charge in [-0.25, -0.2) is 0 Å². The molecule has 4 heteroatoms. The fourth-order valence-corrected chi connectivity index (χ4v) is 3.11. The van der Waals surface area contributed by atoms with Crippen molar-refractivity contribution in [2.75, 3.05) is 6.54 Å². The summed E-state index contributed by atoms with van der Waals surface area (Å²) in [5.41, 5.74) is 7.23. The highest BCUT2D eigenvalue weighted by Gasteiger charge is 2.30. The van der Waals surface area contributed by atoms with Crippen molar-refractivity contribution >= 4 is 11.5 Å². The largest absolute Gasteiger partial charge is 0.366 e. The van der Waals surface area contributed by atoms with E-state index in [2.05, 4.69) is 15.5 Å². The van der Waals surface area contributed by atoms with E-state index < -0.39 is 0 Å². The maximum Gasteiger partial charge on any atom is 0.211 e. The molecule has 4 rings (SSSR count). The molecule has 118 valence electrons. The molecule has 0 saturated carbocycles. The second kappa shape index (κ2) is 6.16. The Morgan fingerprint density at radius 2 is 1.67 bits per heavy atom. The first-order chi connectivity index (χ1) is 11.8. The van der Waals surface area contributed by atoms with E-state index in [4.69, 9.17) is 0 Å². The van der Waals surface area contributed by atoms with Crippen LogP contribution in [0.1, 0.15) is 21.8 Å². The lowest BCUT2D eigenvalue weighted by Crippen LogP contribution is -2.21. The number of benzene rings is 2. The molecule has 24 heavy (non-hydrogen) atoms. The number of Topliss-reactive ketones (excluding diaryl/α,β-unsaturated/α-hetero) is 1. The molecule has 0 spiro atoms. The molecule has 0 fully saturated rings. The zero-order chi connectivity index (χ0) is 16.4. The van der Waals surface area contributed by atoms with E-state index in [1.807, 2.05) is 66.9 Å². The first-order valence-electron chi connectivity index (χ1n) is 7.97. The lowest BCUT2D eigenvalue weighted by molar-refractivity contribution is 0.106. The SMILES string of the molecule is O=C(C1=NNCC1c1ccccc1)c1c[nH]cc1-c1ccccc1. The number of hydrogen-bond donors (Lipinski definition) is 2. The molecule has 2 heterocycles. The second-order valence-corrected chi connectivity index (χ2v) is 5.80. The minimum atomic E-state index is -0.0334. The molecule has 0 amide bonds. The molecule has 2 aromatic carbocycles. The normalized spacial score (nSPS) is 16.5. The quantitative estimate of drug-likeness (QED) is 0.723. The van der Waals surface area contributed by atoms with Crippen molar-refractivity contribution in [2.24, 2.45) is 5.10 Å². The zero-order valence-electron chi connectivity index (χ0n) is 13.1. The third-order valence-electron chi connectivity index (χ3n) is 4.33. The smallest absolute Gasteiger partial charge is 0.211 e. The summed E-state index contributed by atoms with van der Waals surface area (Å²) in [4.78, 5) is 16.2. The van der Waals surface area contributed by atoms with Crippen LogP contribution in [0.5, 0.6) is 0 Å². The lowest BCUT2D eigenvalue weighted by Gasteiger charge is -2.11. The molecule has 1 atom stereocenters. The van der Waals surface area contributed by atoms with Crippen molar-refractivity contribution in [1.29, 1.82) is 0 Å². The maximum atomic E-state index is 13.1. The molecule has 2 N–H and O–H groups in total. The predicted molar refractivity (Wildman–Crippen MR) is 95.2 cm³/mol. The van der Waals surface area contributed by atoms with Gasteiger partial charge in [-0.05, 0) is 11.1 Å². The van der Waals surface area contributed by atoms with Crippen LogP contribution in [-0.2, 0) is 0 Å². The number of hydrazone groups is 1. The van der Waals surface area contributed by atoms with Crippen LogP contribution in [0.3, 0.4) is 0 Å². The zero-order valence-corrected chi connectivity index (χ0v) is 13.1. The standard InChI is InChI=1S/C20H17N3O/c24-20(18-12-21-11-16(18)14-7-3-1-4-8-14)19-17(13-22-23-19)15-9-5-2-6-10-15/h1-12,17,21-22H,13H2. The Morgan fingerprint density at radius 3 is 2.42 bits per heavy atom. The number of hydrogen-bond acceptors (Lipinski definition) is 3. The number of ketones is 1. The molecular weight excluding hydrogens is 298 g/mol. The monoisotopic (exact) mass is 315 g/mol. The van der Waals surface area contributed by atoms with E-state index in [0.717, 1.165) is 16.7 Å². The van der Waals surface area contributed by atoms with E-state index in [1.54, 1.807) is 6.20 Å². The van der Waals surface area contributed by atoms with Gasteiger partial charge in [0.15, 0.2) is 0 Å². The molecule has 0 radical (unpaired) electrons. The van der Waals surface area contributed by atoms with Crippen LogP contribution in [0.15, 0.2) is 78.2 Å². The van der Waals surface area contributed by atoms with Gasteiger partial charge in [-0.1, -0.05) is 60.7 Å². The molecule has 0 aliphatic carbocycles. The van der Waals surface area contributed by atoms with Gasteiger partial charge >= 0.3 is 0 Å². The molecule has 1 aliphatic heterocycles. The van der Waals surface area contributed by atoms with Gasteiger partial charge in [-0.15, -0.1) is 0 Å². The Kier molecular flexibility index (Phi) is 3.71. The van der Waals surface area contributed by atoms with Crippen molar-refractivity contribution in [3.05, 3.63) is 84.2 Å². The number of carbonyl (C=O) groups excluding carboxylic acids is 1. The average molecular weight is 315 g/mol. The van der Waals surface area contributed by atoms with Crippen molar-refractivity contribution in [2.45, 2.75) is 5.92 Å². The highest BCUT2D eigenvalue weighted by atomic mass is 16.1. The van der Waals surface area contributed by atoms with Crippen LogP contribution in [0.2, 0.25) is 0 Å². The van der Waals surface area contributed by atoms with Gasteiger partial charge in [0.2, 0.25) is 5.78 Å². The number of rotatable bonds is 4. The molecule has 1 aromatic heterocycles. The first kappa shape index (κ1) is 14.5. The fourth-order valence-electron chi connectivity index (χ4n) is 3.11. The maximum absolute atomic E-state index is 13.1. The molecule has 1 aliphatic rings. The Morgan fingerprint density at radius 1 is 0.958 bits per heavy atom. The van der Waals surface area contributed by atoms with Crippen LogP contribution in [0.25, 0.3) is 11.1 Å². The summed E-state index contributed by atoms with van der Waals surface area (Å²) < 4.78 is 0. The van der Waals surface area contributed by atoms with Crippen molar-refractivity contribution in [3.63, 3.8) is 0 Å². The number of H-pyrrole nitrogens is 1. The number of aromatic nitrogens is 1. The summed E-state index contributed by atoms with van der Waals surface area (Å²) in [6.07, 6.45) is 3.62. The van der Waals surface area contributed by atoms with Gasteiger partial charge in [0.25, 0.3) is 0 Å². The number of nitrogens with one attached hydrogen (secondary N) is 2. The Bertz CT molecular complexity index is 882. The summed E-state index contributed by atoms with van der Waals surface area (Å²) in [5, 5.41) is 4.29. The molecule has 0 bridgehead atoms. The summed E-state index contributed by atoms with van der Waals surface area (Å²) in [7, 11) is 0. The summed E-state index contributed by atoms with van der Waals surface area (Å²) in [5.74, 6) is -0.0498. The minimum Gasteiger partial charge on any atom is -0.366 e. The molecule has 4 nitrogen and oxygen atoms in total. The predicted octanol–water partition coefficient (Wildman–Crippen LogP) is 3.61. The summed E-state index contributed by atoms with van der Waals surface area (Å²) in [6.45, 7) is 0.649. The highest BCUT2D eigenvalue weighted by molar-refractivity contribution is 6.49. The van der Waals surface area contributed by atoms with Gasteiger partial charge in [-0.3, -0.25) is 4.79 Å². The topological polar surface area (TPSA) is 57.2 Å². The third-order valence-corrected chi connectivity index (χ3v) is 4.33. The van der Waals surface area contributed by atoms with Crippen LogP contribution < -0.4 is 5.43 Å². The van der Waals surface area contributed by atoms with E-state index in [1.165, 1.54) is 0 Å². The number of carbonyl (C=O) groups is 1. The molecule has 1 unspecified atom stereocenters. The summed E-state index contributed by atoms with van der Waals surface area (Å²) in [6, 6.07) is 19.9. The lowest BCUT2D eigenvalue weighted by atomic mass is 9.89. The minimum absolute atomic E-state index is 0.0165. The highest BCUT2D eigenvalue weighted by Crippen LogP contribution is 2.28. The summed E-state index contributed by atoms with van der Waals surface area (Å²) >= 11 is 0. The van der Waals surface area contributed by atoms with Gasteiger partial charge in [-0.2, -0.15) is 5.10 Å². The van der Waals surface area contributed by atoms with Gasteiger partial charge in [0.05, 0.1) is 5.92 Å².